The van der Waals surface area contributed by atoms with Crippen molar-refractivity contribution in [1.82, 2.24) is 15.0 Å². The van der Waals surface area contributed by atoms with Gasteiger partial charge >= 0.3 is 0 Å². The fourth-order valence-corrected chi connectivity index (χ4v) is 2.01. The summed E-state index contributed by atoms with van der Waals surface area (Å²) in [7, 11) is 1.82. The topological polar surface area (TPSA) is 50.9 Å². The first-order chi connectivity index (χ1) is 7.20. The highest BCUT2D eigenvalue weighted by Gasteiger charge is 2.22. The van der Waals surface area contributed by atoms with Gasteiger partial charge in [-0.2, -0.15) is 0 Å². The lowest BCUT2D eigenvalue weighted by molar-refractivity contribution is 0.0888. The van der Waals surface area contributed by atoms with E-state index in [0.29, 0.717) is 5.92 Å². The summed E-state index contributed by atoms with van der Waals surface area (Å²) in [4.78, 5) is 0. The fourth-order valence-electron chi connectivity index (χ4n) is 2.01. The average molecular weight is 211 g/mol. The van der Waals surface area contributed by atoms with Crippen LogP contribution >= 0.6 is 0 Å². The summed E-state index contributed by atoms with van der Waals surface area (Å²) in [6.07, 6.45) is 5.55. The third kappa shape index (κ3) is 3.02. The highest BCUT2D eigenvalue weighted by atomic mass is 16.3. The molecule has 0 fully saturated rings. The van der Waals surface area contributed by atoms with Crippen LogP contribution in [0.1, 0.15) is 51.3 Å². The third-order valence-corrected chi connectivity index (χ3v) is 2.82. The van der Waals surface area contributed by atoms with E-state index >= 15 is 0 Å². The summed E-state index contributed by atoms with van der Waals surface area (Å²) in [6, 6.07) is 0. The van der Waals surface area contributed by atoms with Crippen molar-refractivity contribution in [2.75, 3.05) is 0 Å². The van der Waals surface area contributed by atoms with Crippen LogP contribution < -0.4 is 0 Å². The van der Waals surface area contributed by atoms with Crippen LogP contribution in [-0.2, 0) is 7.05 Å². The molecule has 4 nitrogen and oxygen atoms in total. The van der Waals surface area contributed by atoms with Crippen molar-refractivity contribution in [1.29, 1.82) is 0 Å². The maximum absolute atomic E-state index is 10.2. The molecule has 0 aliphatic heterocycles. The molecule has 0 aromatic carbocycles. The van der Waals surface area contributed by atoms with E-state index in [1.807, 2.05) is 7.05 Å². The minimum absolute atomic E-state index is 0.331. The van der Waals surface area contributed by atoms with Crippen LogP contribution in [0.3, 0.4) is 0 Å². The molecule has 1 unspecified atom stereocenters. The quantitative estimate of drug-likeness (QED) is 0.783. The SMILES string of the molecule is CCCC(CCC)C(O)c1cnnn1C. The monoisotopic (exact) mass is 211 g/mol. The van der Waals surface area contributed by atoms with E-state index in [9.17, 15) is 5.11 Å². The second kappa shape index (κ2) is 5.85. The summed E-state index contributed by atoms with van der Waals surface area (Å²) in [6.45, 7) is 4.30. The van der Waals surface area contributed by atoms with Crippen LogP contribution in [0.25, 0.3) is 0 Å². The zero-order valence-electron chi connectivity index (χ0n) is 9.85. The highest BCUT2D eigenvalue weighted by molar-refractivity contribution is 5.00. The van der Waals surface area contributed by atoms with Crippen LogP contribution in [0.5, 0.6) is 0 Å². The van der Waals surface area contributed by atoms with E-state index < -0.39 is 6.10 Å². The predicted molar refractivity (Wildman–Crippen MR) is 59.3 cm³/mol. The lowest BCUT2D eigenvalue weighted by atomic mass is 9.91. The normalized spacial score (nSPS) is 13.4. The van der Waals surface area contributed by atoms with Gasteiger partial charge in [-0.3, -0.25) is 0 Å². The Balaban J connectivity index is 2.71. The number of aromatic nitrogens is 3. The summed E-state index contributed by atoms with van der Waals surface area (Å²) in [5.41, 5.74) is 0.821. The molecule has 1 aromatic heterocycles. The van der Waals surface area contributed by atoms with E-state index in [1.54, 1.807) is 10.9 Å². The van der Waals surface area contributed by atoms with E-state index in [1.165, 1.54) is 0 Å². The first-order valence-electron chi connectivity index (χ1n) is 5.73. The first-order valence-corrected chi connectivity index (χ1v) is 5.73. The Morgan fingerprint density at radius 3 is 2.33 bits per heavy atom. The van der Waals surface area contributed by atoms with Crippen LogP contribution in [0, 0.1) is 5.92 Å². The van der Waals surface area contributed by atoms with Gasteiger partial charge in [-0.25, -0.2) is 4.68 Å². The van der Waals surface area contributed by atoms with E-state index in [4.69, 9.17) is 0 Å². The Morgan fingerprint density at radius 1 is 1.33 bits per heavy atom. The van der Waals surface area contributed by atoms with E-state index in [2.05, 4.69) is 24.2 Å². The van der Waals surface area contributed by atoms with Gasteiger partial charge in [0.2, 0.25) is 0 Å². The van der Waals surface area contributed by atoms with Crippen molar-refractivity contribution in [3.8, 4) is 0 Å². The average Bonchev–Trinajstić information content (AvgIpc) is 2.63. The molecule has 0 aliphatic carbocycles. The molecule has 0 bridgehead atoms. The van der Waals surface area contributed by atoms with Crippen molar-refractivity contribution in [3.63, 3.8) is 0 Å². The number of aliphatic hydroxyl groups excluding tert-OH is 1. The molecule has 1 aromatic rings. The lowest BCUT2D eigenvalue weighted by Crippen LogP contribution is -2.15. The summed E-state index contributed by atoms with van der Waals surface area (Å²) >= 11 is 0. The van der Waals surface area contributed by atoms with Gasteiger partial charge in [0.15, 0.2) is 0 Å². The standard InChI is InChI=1S/C11H21N3O/c1-4-6-9(7-5-2)11(15)10-8-12-13-14(10)3/h8-9,11,15H,4-7H2,1-3H3. The lowest BCUT2D eigenvalue weighted by Gasteiger charge is -2.21. The van der Waals surface area contributed by atoms with Gasteiger partial charge in [-0.1, -0.05) is 31.9 Å². The molecular formula is C11H21N3O. The van der Waals surface area contributed by atoms with Gasteiger partial charge in [0.25, 0.3) is 0 Å². The number of aliphatic hydroxyl groups is 1. The van der Waals surface area contributed by atoms with Crippen molar-refractivity contribution >= 4 is 0 Å². The predicted octanol–water partition coefficient (Wildman–Crippen LogP) is 2.06. The van der Waals surface area contributed by atoms with Gasteiger partial charge in [0.05, 0.1) is 11.9 Å². The Kier molecular flexibility index (Phi) is 4.75. The van der Waals surface area contributed by atoms with Crippen LogP contribution in [0.15, 0.2) is 6.20 Å². The Bertz CT molecular complexity index is 279. The second-order valence-corrected chi connectivity index (χ2v) is 4.06. The maximum atomic E-state index is 10.2. The molecule has 0 aliphatic rings. The molecule has 86 valence electrons. The molecule has 0 radical (unpaired) electrons. The number of nitrogens with zero attached hydrogens (tertiary/aromatic N) is 3. The molecule has 15 heavy (non-hydrogen) atoms. The fraction of sp³-hybridized carbons (Fsp3) is 0.818. The first kappa shape index (κ1) is 12.2. The molecule has 0 spiro atoms. The van der Waals surface area contributed by atoms with Gasteiger partial charge in [-0.15, -0.1) is 5.10 Å². The van der Waals surface area contributed by atoms with Crippen molar-refractivity contribution in [2.45, 2.75) is 45.6 Å². The number of aryl methyl sites for hydroxylation is 1. The molecular weight excluding hydrogens is 190 g/mol. The molecule has 0 saturated heterocycles. The van der Waals surface area contributed by atoms with E-state index in [0.717, 1.165) is 31.4 Å². The molecule has 1 rings (SSSR count). The smallest absolute Gasteiger partial charge is 0.100 e. The van der Waals surface area contributed by atoms with Crippen LogP contribution in [0.2, 0.25) is 0 Å². The molecule has 0 saturated carbocycles. The van der Waals surface area contributed by atoms with Crippen molar-refractivity contribution in [2.24, 2.45) is 13.0 Å². The molecule has 1 atom stereocenters. The van der Waals surface area contributed by atoms with Crippen molar-refractivity contribution in [3.05, 3.63) is 11.9 Å². The van der Waals surface area contributed by atoms with E-state index in [-0.39, 0.29) is 0 Å². The largest absolute Gasteiger partial charge is 0.386 e. The van der Waals surface area contributed by atoms with Gasteiger partial charge in [-0.05, 0) is 18.8 Å². The number of hydrogen-bond acceptors (Lipinski definition) is 3. The van der Waals surface area contributed by atoms with Gasteiger partial charge in [0, 0.05) is 7.05 Å². The summed E-state index contributed by atoms with van der Waals surface area (Å²) < 4.78 is 1.66. The zero-order chi connectivity index (χ0) is 11.3. The minimum Gasteiger partial charge on any atom is -0.386 e. The second-order valence-electron chi connectivity index (χ2n) is 4.06. The number of hydrogen-bond donors (Lipinski definition) is 1. The van der Waals surface area contributed by atoms with Crippen LogP contribution in [-0.4, -0.2) is 20.1 Å². The van der Waals surface area contributed by atoms with Crippen LogP contribution in [0.4, 0.5) is 0 Å². The summed E-state index contributed by atoms with van der Waals surface area (Å²) in [5, 5.41) is 17.9. The molecule has 1 heterocycles. The Hall–Kier alpha value is -0.900. The third-order valence-electron chi connectivity index (χ3n) is 2.82. The molecule has 0 amide bonds. The maximum Gasteiger partial charge on any atom is 0.100 e. The van der Waals surface area contributed by atoms with Crippen molar-refractivity contribution < 1.29 is 5.11 Å². The highest BCUT2D eigenvalue weighted by Crippen LogP contribution is 2.28. The summed E-state index contributed by atoms with van der Waals surface area (Å²) in [5.74, 6) is 0.331. The van der Waals surface area contributed by atoms with Gasteiger partial charge in [0.1, 0.15) is 6.10 Å². The Labute approximate surface area is 91.3 Å². The Morgan fingerprint density at radius 2 is 1.93 bits per heavy atom. The minimum atomic E-state index is -0.426. The molecule has 4 heteroatoms. The number of rotatable bonds is 6. The molecule has 1 N–H and O–H groups in total. The zero-order valence-corrected chi connectivity index (χ0v) is 9.85. The van der Waals surface area contributed by atoms with Gasteiger partial charge < -0.3 is 5.11 Å².